The van der Waals surface area contributed by atoms with Crippen molar-refractivity contribution < 1.29 is 28.2 Å². The molecule has 2 aromatic carbocycles. The van der Waals surface area contributed by atoms with Crippen molar-refractivity contribution in [2.45, 2.75) is 19.4 Å². The van der Waals surface area contributed by atoms with E-state index in [1.54, 1.807) is 0 Å². The number of carbonyl (C=O) groups is 2. The highest BCUT2D eigenvalue weighted by Crippen LogP contribution is 2.18. The number of ether oxygens (including phenoxy) is 1. The van der Waals surface area contributed by atoms with Crippen LogP contribution in [0.4, 0.5) is 14.5 Å². The summed E-state index contributed by atoms with van der Waals surface area (Å²) in [7, 11) is 0. The Kier molecular flexibility index (Phi) is 5.47. The van der Waals surface area contributed by atoms with Crippen molar-refractivity contribution in [1.29, 1.82) is 0 Å². The van der Waals surface area contributed by atoms with Crippen molar-refractivity contribution in [2.75, 3.05) is 5.32 Å². The van der Waals surface area contributed by atoms with Gasteiger partial charge in [-0.05, 0) is 36.8 Å². The van der Waals surface area contributed by atoms with E-state index in [1.165, 1.54) is 37.3 Å². The summed E-state index contributed by atoms with van der Waals surface area (Å²) in [5.74, 6) is -3.32. The lowest BCUT2D eigenvalue weighted by Crippen LogP contribution is -2.31. The van der Waals surface area contributed by atoms with Crippen LogP contribution in [0.3, 0.4) is 0 Å². The number of phenolic OH excluding ortho intramolecular Hbond substituents is 1. The lowest BCUT2D eigenvalue weighted by Gasteiger charge is -2.14. The minimum atomic E-state index is -1.23. The molecule has 0 spiro atoms. The van der Waals surface area contributed by atoms with Crippen LogP contribution in [0.2, 0.25) is 0 Å². The number of nitrogens with one attached hydrogen (secondary N) is 1. The molecule has 0 bridgehead atoms. The van der Waals surface area contributed by atoms with Crippen molar-refractivity contribution in [3.8, 4) is 5.75 Å². The van der Waals surface area contributed by atoms with E-state index < -0.39 is 35.3 Å². The van der Waals surface area contributed by atoms with Gasteiger partial charge in [-0.1, -0.05) is 18.2 Å². The lowest BCUT2D eigenvalue weighted by atomic mass is 10.1. The number of hydrogen-bond acceptors (Lipinski definition) is 4. The smallest absolute Gasteiger partial charge is 0.311 e. The normalized spacial score (nSPS) is 11.6. The molecule has 0 saturated heterocycles. The maximum atomic E-state index is 13.5. The van der Waals surface area contributed by atoms with E-state index in [0.29, 0.717) is 5.56 Å². The number of anilines is 1. The number of aromatic hydroxyl groups is 1. The second kappa shape index (κ2) is 7.54. The fraction of sp³-hybridized carbons (Fsp3) is 0.176. The molecule has 0 aliphatic heterocycles. The molecule has 24 heavy (non-hydrogen) atoms. The van der Waals surface area contributed by atoms with Crippen LogP contribution in [0, 0.1) is 11.6 Å². The van der Waals surface area contributed by atoms with Gasteiger partial charge in [-0.15, -0.1) is 0 Å². The van der Waals surface area contributed by atoms with Crippen LogP contribution >= 0.6 is 0 Å². The molecule has 2 aromatic rings. The first-order chi connectivity index (χ1) is 11.4. The summed E-state index contributed by atoms with van der Waals surface area (Å²) in [6, 6.07) is 9.08. The van der Waals surface area contributed by atoms with Gasteiger partial charge < -0.3 is 15.2 Å². The van der Waals surface area contributed by atoms with Crippen LogP contribution < -0.4 is 5.32 Å². The van der Waals surface area contributed by atoms with Gasteiger partial charge in [-0.2, -0.15) is 0 Å². The molecule has 7 heteroatoms. The van der Waals surface area contributed by atoms with E-state index in [-0.39, 0.29) is 12.2 Å². The van der Waals surface area contributed by atoms with Crippen molar-refractivity contribution in [2.24, 2.45) is 0 Å². The lowest BCUT2D eigenvalue weighted by molar-refractivity contribution is -0.152. The van der Waals surface area contributed by atoms with E-state index in [4.69, 9.17) is 9.84 Å². The van der Waals surface area contributed by atoms with Gasteiger partial charge in [0.05, 0.1) is 6.42 Å². The maximum absolute atomic E-state index is 13.5. The first kappa shape index (κ1) is 17.4. The van der Waals surface area contributed by atoms with E-state index in [0.717, 1.165) is 12.1 Å². The molecular formula is C17H15F2NO4. The number of hydrogen-bond donors (Lipinski definition) is 2. The van der Waals surface area contributed by atoms with Crippen LogP contribution in [-0.4, -0.2) is 23.1 Å². The Balaban J connectivity index is 1.93. The van der Waals surface area contributed by atoms with Gasteiger partial charge in [0.1, 0.15) is 23.1 Å². The zero-order valence-corrected chi connectivity index (χ0v) is 12.8. The Labute approximate surface area is 136 Å². The van der Waals surface area contributed by atoms with Gasteiger partial charge in [0.15, 0.2) is 6.10 Å². The standard InChI is InChI=1S/C17H15F2NO4/c1-10(17(23)20-16-13(18)3-2-4-14(16)19)24-15(22)9-11-5-7-12(21)8-6-11/h2-8,10,21H,9H2,1H3,(H,20,23)/t10-/m1/s1. The molecule has 2 N–H and O–H groups in total. The third kappa shape index (κ3) is 4.52. The second-order valence-electron chi connectivity index (χ2n) is 5.06. The average Bonchev–Trinajstić information content (AvgIpc) is 2.53. The molecule has 0 saturated carbocycles. The predicted octanol–water partition coefficient (Wildman–Crippen LogP) is 2.78. The number of phenols is 1. The third-order valence-electron chi connectivity index (χ3n) is 3.17. The molecular weight excluding hydrogens is 320 g/mol. The van der Waals surface area contributed by atoms with Crippen molar-refractivity contribution in [1.82, 2.24) is 0 Å². The molecule has 1 amide bonds. The number of carbonyl (C=O) groups excluding carboxylic acids is 2. The fourth-order valence-corrected chi connectivity index (χ4v) is 1.91. The number of para-hydroxylation sites is 1. The summed E-state index contributed by atoms with van der Waals surface area (Å²) < 4.78 is 31.9. The van der Waals surface area contributed by atoms with E-state index in [9.17, 15) is 18.4 Å². The maximum Gasteiger partial charge on any atom is 0.311 e. The minimum absolute atomic E-state index is 0.0618. The zero-order chi connectivity index (χ0) is 17.7. The fourth-order valence-electron chi connectivity index (χ4n) is 1.91. The molecule has 0 aliphatic rings. The van der Waals surface area contributed by atoms with Gasteiger partial charge in [0.2, 0.25) is 0 Å². The second-order valence-corrected chi connectivity index (χ2v) is 5.06. The topological polar surface area (TPSA) is 75.6 Å². The Morgan fingerprint density at radius 2 is 1.71 bits per heavy atom. The average molecular weight is 335 g/mol. The largest absolute Gasteiger partial charge is 0.508 e. The monoisotopic (exact) mass is 335 g/mol. The molecule has 0 aliphatic carbocycles. The highest BCUT2D eigenvalue weighted by Gasteiger charge is 2.20. The predicted molar refractivity (Wildman–Crippen MR) is 82.4 cm³/mol. The minimum Gasteiger partial charge on any atom is -0.508 e. The highest BCUT2D eigenvalue weighted by atomic mass is 19.1. The first-order valence-corrected chi connectivity index (χ1v) is 7.09. The summed E-state index contributed by atoms with van der Waals surface area (Å²) in [6.07, 6.45) is -1.33. The van der Waals surface area contributed by atoms with Gasteiger partial charge in [-0.25, -0.2) is 8.78 Å². The van der Waals surface area contributed by atoms with Crippen LogP contribution in [0.5, 0.6) is 5.75 Å². The summed E-state index contributed by atoms with van der Waals surface area (Å²) >= 11 is 0. The number of rotatable bonds is 5. The molecule has 0 fully saturated rings. The molecule has 0 radical (unpaired) electrons. The number of amides is 1. The SMILES string of the molecule is C[C@@H](OC(=O)Cc1ccc(O)cc1)C(=O)Nc1c(F)cccc1F. The Morgan fingerprint density at radius 3 is 2.29 bits per heavy atom. The molecule has 126 valence electrons. The van der Waals surface area contributed by atoms with Gasteiger partial charge in [-0.3, -0.25) is 9.59 Å². The van der Waals surface area contributed by atoms with E-state index in [2.05, 4.69) is 5.32 Å². The first-order valence-electron chi connectivity index (χ1n) is 7.09. The molecule has 1 atom stereocenters. The molecule has 0 heterocycles. The Bertz CT molecular complexity index is 727. The number of halogens is 2. The van der Waals surface area contributed by atoms with Crippen molar-refractivity contribution >= 4 is 17.6 Å². The quantitative estimate of drug-likeness (QED) is 0.824. The van der Waals surface area contributed by atoms with Gasteiger partial charge >= 0.3 is 5.97 Å². The summed E-state index contributed by atoms with van der Waals surface area (Å²) in [4.78, 5) is 23.7. The zero-order valence-electron chi connectivity index (χ0n) is 12.8. The van der Waals surface area contributed by atoms with E-state index >= 15 is 0 Å². The molecule has 0 unspecified atom stereocenters. The Morgan fingerprint density at radius 1 is 1.12 bits per heavy atom. The van der Waals surface area contributed by atoms with Gasteiger partial charge in [0, 0.05) is 0 Å². The van der Waals surface area contributed by atoms with Crippen LogP contribution in [0.15, 0.2) is 42.5 Å². The van der Waals surface area contributed by atoms with Crippen LogP contribution in [0.1, 0.15) is 12.5 Å². The molecule has 0 aromatic heterocycles. The van der Waals surface area contributed by atoms with Gasteiger partial charge in [0.25, 0.3) is 5.91 Å². The molecule has 2 rings (SSSR count). The Hall–Kier alpha value is -2.96. The van der Waals surface area contributed by atoms with Crippen molar-refractivity contribution in [3.63, 3.8) is 0 Å². The van der Waals surface area contributed by atoms with Crippen LogP contribution in [-0.2, 0) is 20.7 Å². The summed E-state index contributed by atoms with van der Waals surface area (Å²) in [6.45, 7) is 1.29. The van der Waals surface area contributed by atoms with E-state index in [1.807, 2.05) is 0 Å². The number of esters is 1. The van der Waals surface area contributed by atoms with Crippen LogP contribution in [0.25, 0.3) is 0 Å². The summed E-state index contributed by atoms with van der Waals surface area (Å²) in [5.41, 5.74) is -0.00510. The third-order valence-corrected chi connectivity index (χ3v) is 3.17. The molecule has 5 nitrogen and oxygen atoms in total. The summed E-state index contributed by atoms with van der Waals surface area (Å²) in [5, 5.41) is 11.2. The highest BCUT2D eigenvalue weighted by molar-refractivity contribution is 5.95. The number of benzene rings is 2. The van der Waals surface area contributed by atoms with Crippen molar-refractivity contribution in [3.05, 3.63) is 59.7 Å².